The topological polar surface area (TPSA) is 144 Å². The molecule has 0 saturated carbocycles. The van der Waals surface area contributed by atoms with E-state index in [2.05, 4.69) is 16.0 Å². The normalized spacial score (nSPS) is 10.9. The number of hydrogen-bond acceptors (Lipinski definition) is 6. The largest absolute Gasteiger partial charge is 0.489 e. The van der Waals surface area contributed by atoms with Crippen molar-refractivity contribution in [3.63, 3.8) is 0 Å². The molecule has 1 unspecified atom stereocenters. The molecule has 9 heteroatoms. The summed E-state index contributed by atoms with van der Waals surface area (Å²) in [6, 6.07) is 36.3. The van der Waals surface area contributed by atoms with E-state index in [1.165, 1.54) is 0 Å². The lowest BCUT2D eigenvalue weighted by Crippen LogP contribution is -2.38. The Hall–Kier alpha value is -5.17. The molecule has 0 spiro atoms. The molecule has 4 aromatic rings. The Morgan fingerprint density at radius 3 is 1.90 bits per heavy atom. The minimum atomic E-state index is -0.822. The number of anilines is 1. The number of ether oxygens (including phenoxy) is 1. The van der Waals surface area contributed by atoms with Crippen molar-refractivity contribution in [2.45, 2.75) is 12.0 Å². The first-order valence-corrected chi connectivity index (χ1v) is 13.4. The Labute approximate surface area is 245 Å². The van der Waals surface area contributed by atoms with E-state index in [-0.39, 0.29) is 12.6 Å². The maximum atomic E-state index is 11.7. The summed E-state index contributed by atoms with van der Waals surface area (Å²) in [6.45, 7) is 1.32. The van der Waals surface area contributed by atoms with Gasteiger partial charge in [0.1, 0.15) is 30.4 Å². The van der Waals surface area contributed by atoms with Crippen molar-refractivity contribution in [2.75, 3.05) is 31.6 Å². The maximum Gasteiger partial charge on any atom is 0.319 e. The molecule has 0 aliphatic rings. The van der Waals surface area contributed by atoms with Gasteiger partial charge in [-0.2, -0.15) is 5.26 Å². The number of carbonyl (C=O) groups excluding carboxylic acids is 1. The molecule has 216 valence electrons. The van der Waals surface area contributed by atoms with Gasteiger partial charge in [-0.3, -0.25) is 4.79 Å². The fraction of sp³-hybridized carbons (Fsp3) is 0.182. The zero-order valence-electron chi connectivity index (χ0n) is 23.0. The van der Waals surface area contributed by atoms with Crippen LogP contribution < -0.4 is 20.7 Å². The average Bonchev–Trinajstić information content (AvgIpc) is 3.02. The van der Waals surface area contributed by atoms with Gasteiger partial charge in [0.2, 0.25) is 0 Å². The number of nitrogens with zero attached hydrogens (tertiary/aromatic N) is 1. The molecule has 9 nitrogen and oxygen atoms in total. The summed E-state index contributed by atoms with van der Waals surface area (Å²) in [5.41, 5.74) is 2.77. The lowest BCUT2D eigenvalue weighted by Gasteiger charge is -2.14. The Bertz CT molecular complexity index is 1370. The summed E-state index contributed by atoms with van der Waals surface area (Å²) in [5, 5.41) is 36.6. The number of para-hydroxylation sites is 2. The summed E-state index contributed by atoms with van der Waals surface area (Å²) in [5.74, 6) is -0.951. The molecule has 4 aromatic carbocycles. The molecule has 2 amide bonds. The zero-order chi connectivity index (χ0) is 30.0. The van der Waals surface area contributed by atoms with Crippen molar-refractivity contribution < 1.29 is 24.5 Å². The summed E-state index contributed by atoms with van der Waals surface area (Å²) >= 11 is 0. The van der Waals surface area contributed by atoms with Crippen LogP contribution in [0.3, 0.4) is 0 Å². The summed E-state index contributed by atoms with van der Waals surface area (Å²) in [7, 11) is 0. The Balaban J connectivity index is 0.000000258. The molecule has 0 bridgehead atoms. The van der Waals surface area contributed by atoms with Crippen LogP contribution >= 0.6 is 0 Å². The van der Waals surface area contributed by atoms with E-state index in [1.807, 2.05) is 84.9 Å². The van der Waals surface area contributed by atoms with E-state index in [9.17, 15) is 19.8 Å². The summed E-state index contributed by atoms with van der Waals surface area (Å²) < 4.78 is 5.46. The van der Waals surface area contributed by atoms with Gasteiger partial charge in [0.05, 0.1) is 5.56 Å². The highest BCUT2D eigenvalue weighted by Gasteiger charge is 2.21. The number of hydrogen-bond donors (Lipinski definition) is 5. The van der Waals surface area contributed by atoms with E-state index >= 15 is 0 Å². The molecule has 0 fully saturated rings. The smallest absolute Gasteiger partial charge is 0.319 e. The van der Waals surface area contributed by atoms with Crippen LogP contribution in [0.15, 0.2) is 115 Å². The fourth-order valence-corrected chi connectivity index (χ4v) is 3.93. The van der Waals surface area contributed by atoms with Crippen LogP contribution in [0.25, 0.3) is 0 Å². The van der Waals surface area contributed by atoms with E-state index in [1.54, 1.807) is 36.4 Å². The van der Waals surface area contributed by atoms with E-state index in [0.717, 1.165) is 16.8 Å². The number of nitriles is 1. The van der Waals surface area contributed by atoms with Gasteiger partial charge in [-0.15, -0.1) is 0 Å². The summed E-state index contributed by atoms with van der Waals surface area (Å²) in [4.78, 5) is 23.0. The Kier molecular flexibility index (Phi) is 13.1. The van der Waals surface area contributed by atoms with Crippen molar-refractivity contribution in [3.8, 4) is 11.8 Å². The quantitative estimate of drug-likeness (QED) is 0.158. The Morgan fingerprint density at radius 1 is 0.786 bits per heavy atom. The van der Waals surface area contributed by atoms with Crippen LogP contribution in [0.4, 0.5) is 10.5 Å². The van der Waals surface area contributed by atoms with Crippen LogP contribution in [-0.4, -0.2) is 54.6 Å². The highest BCUT2D eigenvalue weighted by atomic mass is 16.5. The maximum absolute atomic E-state index is 11.7. The minimum absolute atomic E-state index is 0.0770. The predicted octanol–water partition coefficient (Wildman–Crippen LogP) is 4.61. The number of carboxylic acids is 1. The molecule has 0 heterocycles. The van der Waals surface area contributed by atoms with Crippen LogP contribution in [0, 0.1) is 11.3 Å². The first-order chi connectivity index (χ1) is 20.5. The van der Waals surface area contributed by atoms with Crippen LogP contribution in [-0.2, 0) is 4.79 Å². The third kappa shape index (κ3) is 10.8. The van der Waals surface area contributed by atoms with Crippen molar-refractivity contribution in [3.05, 3.63) is 132 Å². The van der Waals surface area contributed by atoms with Crippen LogP contribution in [0.5, 0.6) is 5.75 Å². The third-order valence-corrected chi connectivity index (χ3v) is 5.95. The molecule has 42 heavy (non-hydrogen) atoms. The van der Waals surface area contributed by atoms with Crippen molar-refractivity contribution in [2.24, 2.45) is 0 Å². The third-order valence-electron chi connectivity index (χ3n) is 5.95. The van der Waals surface area contributed by atoms with Gasteiger partial charge in [0.15, 0.2) is 0 Å². The van der Waals surface area contributed by atoms with Gasteiger partial charge in [-0.1, -0.05) is 91.0 Å². The first-order valence-electron chi connectivity index (χ1n) is 13.4. The van der Waals surface area contributed by atoms with E-state index < -0.39 is 18.0 Å². The molecule has 5 N–H and O–H groups in total. The molecule has 0 saturated heterocycles. The molecule has 4 rings (SSSR count). The minimum Gasteiger partial charge on any atom is -0.489 e. The van der Waals surface area contributed by atoms with Crippen LogP contribution in [0.2, 0.25) is 0 Å². The number of aliphatic hydroxyl groups excluding tert-OH is 1. The Morgan fingerprint density at radius 2 is 1.33 bits per heavy atom. The summed E-state index contributed by atoms with van der Waals surface area (Å²) in [6.07, 6.45) is -0.722. The standard InChI is InChI=1S/C19H22N4O3.C14H12O2/c20-12-15-6-4-5-9-18(15)26-14-17(24)13-21-10-11-22-19(25)23-16-7-2-1-3-8-16;15-14(16)13(11-7-3-1-4-8-11)12-9-5-2-6-10-12/h1-9,17,21,24H,10-11,13-14H2,(H2,22,23,25);1-10,13H,(H,15,16). The predicted molar refractivity (Wildman–Crippen MR) is 161 cm³/mol. The van der Waals surface area contributed by atoms with Gasteiger partial charge in [-0.05, 0) is 35.4 Å². The lowest BCUT2D eigenvalue weighted by molar-refractivity contribution is -0.137. The molecule has 0 radical (unpaired) electrons. The molecular formula is C33H34N4O5. The number of rotatable bonds is 12. The van der Waals surface area contributed by atoms with Crippen LogP contribution in [0.1, 0.15) is 22.6 Å². The van der Waals surface area contributed by atoms with Gasteiger partial charge in [-0.25, -0.2) is 4.79 Å². The first kappa shape index (κ1) is 31.4. The van der Waals surface area contributed by atoms with Gasteiger partial charge in [0, 0.05) is 25.3 Å². The van der Waals surface area contributed by atoms with E-state index in [4.69, 9.17) is 10.00 Å². The number of urea groups is 1. The molecule has 0 aromatic heterocycles. The number of carboxylic acid groups (broad SMARTS) is 1. The van der Waals surface area contributed by atoms with E-state index in [0.29, 0.717) is 30.9 Å². The second-order valence-corrected chi connectivity index (χ2v) is 9.12. The highest BCUT2D eigenvalue weighted by Crippen LogP contribution is 2.24. The monoisotopic (exact) mass is 566 g/mol. The number of amides is 2. The highest BCUT2D eigenvalue weighted by molar-refractivity contribution is 5.89. The number of benzene rings is 4. The molecular weight excluding hydrogens is 532 g/mol. The zero-order valence-corrected chi connectivity index (χ0v) is 23.0. The van der Waals surface area contributed by atoms with Crippen molar-refractivity contribution in [1.29, 1.82) is 5.26 Å². The van der Waals surface area contributed by atoms with Crippen molar-refractivity contribution in [1.82, 2.24) is 10.6 Å². The number of aliphatic carboxylic acids is 1. The molecule has 1 atom stereocenters. The molecule has 0 aliphatic carbocycles. The SMILES string of the molecule is N#Cc1ccccc1OCC(O)CNCCNC(=O)Nc1ccccc1.O=C(O)C(c1ccccc1)c1ccccc1. The fourth-order valence-electron chi connectivity index (χ4n) is 3.93. The number of carbonyl (C=O) groups is 2. The number of nitrogens with one attached hydrogen (secondary N) is 3. The van der Waals surface area contributed by atoms with Crippen molar-refractivity contribution >= 4 is 17.7 Å². The average molecular weight is 567 g/mol. The second-order valence-electron chi connectivity index (χ2n) is 9.12. The second kappa shape index (κ2) is 17.5. The van der Waals surface area contributed by atoms with Gasteiger partial charge < -0.3 is 30.9 Å². The lowest BCUT2D eigenvalue weighted by atomic mass is 9.92. The molecule has 0 aliphatic heterocycles. The van der Waals surface area contributed by atoms with Gasteiger partial charge in [0.25, 0.3) is 0 Å². The van der Waals surface area contributed by atoms with Gasteiger partial charge >= 0.3 is 12.0 Å². The number of aliphatic hydroxyl groups is 1.